The van der Waals surface area contributed by atoms with Crippen LogP contribution in [0.25, 0.3) is 0 Å². The number of amides is 2. The number of halogens is 1. The molecule has 1 aromatic carbocycles. The Morgan fingerprint density at radius 2 is 2.00 bits per heavy atom. The van der Waals surface area contributed by atoms with Crippen LogP contribution in [0.1, 0.15) is 43.0 Å². The fourth-order valence-electron chi connectivity index (χ4n) is 3.15. The van der Waals surface area contributed by atoms with E-state index in [-0.39, 0.29) is 19.2 Å². The molecule has 0 radical (unpaired) electrons. The molecule has 8 heteroatoms. The van der Waals surface area contributed by atoms with Gasteiger partial charge in [-0.2, -0.15) is 0 Å². The van der Waals surface area contributed by atoms with Crippen LogP contribution in [0.5, 0.6) is 0 Å². The van der Waals surface area contributed by atoms with Crippen LogP contribution >= 0.6 is 11.6 Å². The predicted molar refractivity (Wildman–Crippen MR) is 109 cm³/mol. The Labute approximate surface area is 174 Å². The number of carbonyl (C=O) groups is 2. The van der Waals surface area contributed by atoms with Gasteiger partial charge >= 0.3 is 12.0 Å². The maximum absolute atomic E-state index is 12.7. The number of furan rings is 1. The van der Waals surface area contributed by atoms with Crippen LogP contribution in [0.15, 0.2) is 52.1 Å². The van der Waals surface area contributed by atoms with E-state index >= 15 is 0 Å². The van der Waals surface area contributed by atoms with E-state index in [0.717, 1.165) is 17.1 Å². The van der Waals surface area contributed by atoms with Crippen LogP contribution < -0.4 is 16.0 Å². The quantitative estimate of drug-likeness (QED) is 0.596. The largest absolute Gasteiger partial charge is 0.465 e. The van der Waals surface area contributed by atoms with E-state index in [1.54, 1.807) is 31.2 Å². The molecule has 0 aliphatic carbocycles. The van der Waals surface area contributed by atoms with Crippen molar-refractivity contribution in [3.05, 3.63) is 69.8 Å². The zero-order valence-corrected chi connectivity index (χ0v) is 17.3. The average Bonchev–Trinajstić information content (AvgIpc) is 3.12. The smallest absolute Gasteiger partial charge is 0.338 e. The van der Waals surface area contributed by atoms with Crippen molar-refractivity contribution >= 4 is 23.6 Å². The van der Waals surface area contributed by atoms with E-state index in [2.05, 4.69) is 16.0 Å². The first kappa shape index (κ1) is 21.0. The van der Waals surface area contributed by atoms with Crippen molar-refractivity contribution in [2.45, 2.75) is 32.9 Å². The minimum absolute atomic E-state index is 0.111. The molecule has 2 unspecified atom stereocenters. The summed E-state index contributed by atoms with van der Waals surface area (Å²) in [6.45, 7) is 6.05. The van der Waals surface area contributed by atoms with Crippen molar-refractivity contribution in [3.8, 4) is 0 Å². The summed E-state index contributed by atoms with van der Waals surface area (Å²) >= 11 is 5.98. The van der Waals surface area contributed by atoms with Gasteiger partial charge < -0.3 is 25.1 Å². The number of esters is 1. The van der Waals surface area contributed by atoms with Gasteiger partial charge in [0.05, 0.1) is 24.3 Å². The topological polar surface area (TPSA) is 92.6 Å². The van der Waals surface area contributed by atoms with Gasteiger partial charge in [0.25, 0.3) is 0 Å². The fourth-order valence-corrected chi connectivity index (χ4v) is 3.28. The fraction of sp³-hybridized carbons (Fsp3) is 0.333. The molecule has 3 N–H and O–H groups in total. The summed E-state index contributed by atoms with van der Waals surface area (Å²) in [5, 5.41) is 9.39. The number of ether oxygens (including phenoxy) is 1. The first-order valence-corrected chi connectivity index (χ1v) is 9.79. The third kappa shape index (κ3) is 4.99. The third-order valence-corrected chi connectivity index (χ3v) is 4.88. The van der Waals surface area contributed by atoms with Crippen LogP contribution in [0.4, 0.5) is 4.79 Å². The van der Waals surface area contributed by atoms with E-state index in [0.29, 0.717) is 16.3 Å². The zero-order chi connectivity index (χ0) is 21.0. The molecule has 154 valence electrons. The molecule has 0 saturated heterocycles. The normalized spacial score (nSPS) is 17.5. The second-order valence-corrected chi connectivity index (χ2v) is 7.18. The first-order chi connectivity index (χ1) is 13.9. The lowest BCUT2D eigenvalue weighted by Crippen LogP contribution is -2.48. The second kappa shape index (κ2) is 9.15. The Hall–Kier alpha value is -2.77. The molecule has 0 fully saturated rings. The van der Waals surface area contributed by atoms with E-state index in [9.17, 15) is 9.59 Å². The summed E-state index contributed by atoms with van der Waals surface area (Å²) in [5.74, 6) is 1.10. The van der Waals surface area contributed by atoms with Crippen LogP contribution in [0.3, 0.4) is 0 Å². The van der Waals surface area contributed by atoms with Crippen molar-refractivity contribution in [1.82, 2.24) is 16.0 Å². The summed E-state index contributed by atoms with van der Waals surface area (Å²) in [5.41, 5.74) is 1.55. The van der Waals surface area contributed by atoms with Crippen LogP contribution in [0, 0.1) is 6.92 Å². The second-order valence-electron chi connectivity index (χ2n) is 6.75. The van der Waals surface area contributed by atoms with Crippen molar-refractivity contribution in [2.75, 3.05) is 13.2 Å². The Bertz CT molecular complexity index is 920. The Morgan fingerprint density at radius 3 is 2.62 bits per heavy atom. The van der Waals surface area contributed by atoms with E-state index in [1.807, 2.05) is 26.0 Å². The van der Waals surface area contributed by atoms with Crippen LogP contribution in [0.2, 0.25) is 5.02 Å². The highest BCUT2D eigenvalue weighted by atomic mass is 35.5. The standard InChI is InChI=1S/C21H24ClN3O4/c1-4-28-20(26)18-16(11-23-13(3)17-10-5-12(2)29-17)24-21(27)25-19(18)14-6-8-15(22)9-7-14/h5-10,13,19,23H,4,11H2,1-3H3,(H2,24,25,27). The van der Waals surface area contributed by atoms with E-state index in [4.69, 9.17) is 20.8 Å². The SMILES string of the molecule is CCOC(=O)C1=C(CNC(C)c2ccc(C)o2)NC(=O)NC1c1ccc(Cl)cc1. The molecule has 0 bridgehead atoms. The van der Waals surface area contributed by atoms with Gasteiger partial charge in [-0.05, 0) is 50.6 Å². The van der Waals surface area contributed by atoms with Gasteiger partial charge in [-0.1, -0.05) is 23.7 Å². The number of hydrogen-bond donors (Lipinski definition) is 3. The number of hydrogen-bond acceptors (Lipinski definition) is 5. The lowest BCUT2D eigenvalue weighted by Gasteiger charge is -2.30. The number of benzene rings is 1. The summed E-state index contributed by atoms with van der Waals surface area (Å²) in [6, 6.07) is 9.62. The lowest BCUT2D eigenvalue weighted by molar-refractivity contribution is -0.139. The Balaban J connectivity index is 1.91. The summed E-state index contributed by atoms with van der Waals surface area (Å²) in [4.78, 5) is 25.0. The van der Waals surface area contributed by atoms with Crippen LogP contribution in [-0.4, -0.2) is 25.2 Å². The molecule has 3 rings (SSSR count). The molecule has 2 heterocycles. The molecule has 7 nitrogen and oxygen atoms in total. The highest BCUT2D eigenvalue weighted by Gasteiger charge is 2.33. The van der Waals surface area contributed by atoms with Gasteiger partial charge in [0, 0.05) is 17.3 Å². The summed E-state index contributed by atoms with van der Waals surface area (Å²) in [6.07, 6.45) is 0. The zero-order valence-electron chi connectivity index (χ0n) is 16.5. The molecule has 2 aromatic rings. The van der Waals surface area contributed by atoms with Crippen molar-refractivity contribution in [2.24, 2.45) is 0 Å². The number of aryl methyl sites for hydroxylation is 1. The number of urea groups is 1. The van der Waals surface area contributed by atoms with E-state index < -0.39 is 18.0 Å². The highest BCUT2D eigenvalue weighted by molar-refractivity contribution is 6.30. The molecule has 0 spiro atoms. The molecule has 1 aromatic heterocycles. The summed E-state index contributed by atoms with van der Waals surface area (Å²) in [7, 11) is 0. The third-order valence-electron chi connectivity index (χ3n) is 4.63. The monoisotopic (exact) mass is 417 g/mol. The summed E-state index contributed by atoms with van der Waals surface area (Å²) < 4.78 is 10.9. The molecule has 1 aliphatic rings. The minimum Gasteiger partial charge on any atom is -0.465 e. The Morgan fingerprint density at radius 1 is 1.28 bits per heavy atom. The average molecular weight is 418 g/mol. The maximum atomic E-state index is 12.7. The number of rotatable bonds is 7. The van der Waals surface area contributed by atoms with E-state index in [1.165, 1.54) is 0 Å². The molecule has 29 heavy (non-hydrogen) atoms. The Kier molecular flexibility index (Phi) is 6.61. The van der Waals surface area contributed by atoms with Gasteiger partial charge in [0.2, 0.25) is 0 Å². The maximum Gasteiger partial charge on any atom is 0.338 e. The minimum atomic E-state index is -0.641. The van der Waals surface area contributed by atoms with Gasteiger partial charge in [-0.3, -0.25) is 0 Å². The number of nitrogens with one attached hydrogen (secondary N) is 3. The van der Waals surface area contributed by atoms with Gasteiger partial charge in [-0.15, -0.1) is 0 Å². The molecule has 2 amide bonds. The predicted octanol–water partition coefficient (Wildman–Crippen LogP) is 3.76. The first-order valence-electron chi connectivity index (χ1n) is 9.42. The molecule has 0 saturated carbocycles. The molecule has 2 atom stereocenters. The van der Waals surface area contributed by atoms with Crippen LogP contribution in [-0.2, 0) is 9.53 Å². The van der Waals surface area contributed by atoms with Gasteiger partial charge in [0.1, 0.15) is 11.5 Å². The van der Waals surface area contributed by atoms with Crippen molar-refractivity contribution < 1.29 is 18.7 Å². The highest BCUT2D eigenvalue weighted by Crippen LogP contribution is 2.29. The number of carbonyl (C=O) groups excluding carboxylic acids is 2. The van der Waals surface area contributed by atoms with Gasteiger partial charge in [0.15, 0.2) is 0 Å². The van der Waals surface area contributed by atoms with Gasteiger partial charge in [-0.25, -0.2) is 9.59 Å². The van der Waals surface area contributed by atoms with Crippen molar-refractivity contribution in [3.63, 3.8) is 0 Å². The molecular weight excluding hydrogens is 394 g/mol. The van der Waals surface area contributed by atoms with Crippen molar-refractivity contribution in [1.29, 1.82) is 0 Å². The molecular formula is C21H24ClN3O4. The molecule has 1 aliphatic heterocycles. The lowest BCUT2D eigenvalue weighted by atomic mass is 9.95.